The molecule has 1 aliphatic heterocycles. The summed E-state index contributed by atoms with van der Waals surface area (Å²) in [6.45, 7) is 3.03. The molecule has 1 aliphatic rings. The molecule has 15 heavy (non-hydrogen) atoms. The van der Waals surface area contributed by atoms with E-state index in [1.54, 1.807) is 0 Å². The van der Waals surface area contributed by atoms with Gasteiger partial charge in [-0.2, -0.15) is 0 Å². The van der Waals surface area contributed by atoms with E-state index < -0.39 is 0 Å². The van der Waals surface area contributed by atoms with Gasteiger partial charge in [0, 0.05) is 24.5 Å². The minimum absolute atomic E-state index is 0.922. The Morgan fingerprint density at radius 3 is 3.07 bits per heavy atom. The predicted molar refractivity (Wildman–Crippen MR) is 63.3 cm³/mol. The van der Waals surface area contributed by atoms with Crippen LogP contribution in [0.3, 0.4) is 0 Å². The Bertz CT molecular complexity index is 551. The number of aryl methyl sites for hydroxylation is 1. The first-order valence-electron chi connectivity index (χ1n) is 5.16. The molecule has 0 aliphatic carbocycles. The van der Waals surface area contributed by atoms with Crippen LogP contribution in [0.15, 0.2) is 28.7 Å². The van der Waals surface area contributed by atoms with Gasteiger partial charge in [-0.05, 0) is 19.1 Å². The molecule has 0 fully saturated rings. The first-order valence-corrected chi connectivity index (χ1v) is 5.16. The average Bonchev–Trinajstić information content (AvgIpc) is 2.58. The maximum Gasteiger partial charge on any atom is 0.204 e. The number of nitrogens with zero attached hydrogens (tertiary/aromatic N) is 1. The molecule has 0 radical (unpaired) electrons. The topological polar surface area (TPSA) is 16.4 Å². The van der Waals surface area contributed by atoms with Crippen LogP contribution in [-0.4, -0.2) is 13.6 Å². The zero-order valence-electron chi connectivity index (χ0n) is 8.95. The molecular formula is C13H13NO. The highest BCUT2D eigenvalue weighted by molar-refractivity contribution is 5.94. The quantitative estimate of drug-likeness (QED) is 0.647. The number of hydrogen-bond donors (Lipinski definition) is 0. The summed E-state index contributed by atoms with van der Waals surface area (Å²) >= 11 is 0. The van der Waals surface area contributed by atoms with Crippen LogP contribution < -0.4 is 4.90 Å². The van der Waals surface area contributed by atoms with Gasteiger partial charge in [0.05, 0.1) is 0 Å². The van der Waals surface area contributed by atoms with Gasteiger partial charge in [0.2, 0.25) is 5.88 Å². The monoisotopic (exact) mass is 199 g/mol. The van der Waals surface area contributed by atoms with Crippen LogP contribution in [0.4, 0.5) is 5.88 Å². The largest absolute Gasteiger partial charge is 0.440 e. The van der Waals surface area contributed by atoms with E-state index in [4.69, 9.17) is 4.42 Å². The van der Waals surface area contributed by atoms with E-state index >= 15 is 0 Å². The molecule has 3 rings (SSSR count). The lowest BCUT2D eigenvalue weighted by molar-refractivity contribution is 0.602. The molecule has 2 heterocycles. The zero-order valence-corrected chi connectivity index (χ0v) is 8.95. The van der Waals surface area contributed by atoms with Gasteiger partial charge in [0.25, 0.3) is 0 Å². The van der Waals surface area contributed by atoms with Gasteiger partial charge in [-0.1, -0.05) is 23.8 Å². The second-order valence-corrected chi connectivity index (χ2v) is 4.10. The van der Waals surface area contributed by atoms with Crippen molar-refractivity contribution in [3.63, 3.8) is 0 Å². The fraction of sp³-hybridized carbons (Fsp3) is 0.231. The zero-order chi connectivity index (χ0) is 10.4. The maximum absolute atomic E-state index is 5.83. The fourth-order valence-corrected chi connectivity index (χ4v) is 2.07. The molecule has 0 saturated carbocycles. The smallest absolute Gasteiger partial charge is 0.204 e. The third-order valence-corrected chi connectivity index (χ3v) is 2.87. The number of rotatable bonds is 0. The van der Waals surface area contributed by atoms with Crippen molar-refractivity contribution in [1.82, 2.24) is 0 Å². The highest BCUT2D eigenvalue weighted by Crippen LogP contribution is 2.35. The van der Waals surface area contributed by atoms with Crippen molar-refractivity contribution in [3.05, 3.63) is 35.4 Å². The fourth-order valence-electron chi connectivity index (χ4n) is 2.07. The van der Waals surface area contributed by atoms with Crippen molar-refractivity contribution in [2.45, 2.75) is 6.92 Å². The van der Waals surface area contributed by atoms with E-state index in [0.29, 0.717) is 0 Å². The van der Waals surface area contributed by atoms with Gasteiger partial charge < -0.3 is 9.32 Å². The predicted octanol–water partition coefficient (Wildman–Crippen LogP) is 3.20. The summed E-state index contributed by atoms with van der Waals surface area (Å²) in [4.78, 5) is 2.13. The van der Waals surface area contributed by atoms with Crippen molar-refractivity contribution < 1.29 is 4.42 Å². The number of fused-ring (bicyclic) bond motifs is 3. The molecule has 2 aromatic rings. The van der Waals surface area contributed by atoms with E-state index in [2.05, 4.69) is 43.2 Å². The van der Waals surface area contributed by atoms with Gasteiger partial charge in [-0.3, -0.25) is 0 Å². The van der Waals surface area contributed by atoms with Crippen LogP contribution in [0.1, 0.15) is 11.1 Å². The van der Waals surface area contributed by atoms with Crippen LogP contribution in [0.5, 0.6) is 0 Å². The third-order valence-electron chi connectivity index (χ3n) is 2.87. The molecule has 0 amide bonds. The number of hydrogen-bond acceptors (Lipinski definition) is 2. The number of anilines is 1. The van der Waals surface area contributed by atoms with Crippen LogP contribution in [0, 0.1) is 6.92 Å². The lowest BCUT2D eigenvalue weighted by atomic mass is 10.1. The lowest BCUT2D eigenvalue weighted by Gasteiger charge is -2.17. The van der Waals surface area contributed by atoms with Crippen LogP contribution in [-0.2, 0) is 0 Å². The van der Waals surface area contributed by atoms with Crippen molar-refractivity contribution in [2.24, 2.45) is 0 Å². The molecule has 0 unspecified atom stereocenters. The second-order valence-electron chi connectivity index (χ2n) is 4.10. The van der Waals surface area contributed by atoms with Crippen molar-refractivity contribution in [1.29, 1.82) is 0 Å². The van der Waals surface area contributed by atoms with E-state index in [9.17, 15) is 0 Å². The Balaban J connectivity index is 2.37. The van der Waals surface area contributed by atoms with Crippen molar-refractivity contribution in [3.8, 4) is 0 Å². The maximum atomic E-state index is 5.83. The SMILES string of the molecule is Cc1ccc2oc3c(c2c1)C=CCN3C. The van der Waals surface area contributed by atoms with Gasteiger partial charge in [0.1, 0.15) is 5.58 Å². The Hall–Kier alpha value is -1.70. The van der Waals surface area contributed by atoms with Crippen molar-refractivity contribution >= 4 is 22.9 Å². The summed E-state index contributed by atoms with van der Waals surface area (Å²) in [6, 6.07) is 6.31. The average molecular weight is 199 g/mol. The Kier molecular flexibility index (Phi) is 1.66. The van der Waals surface area contributed by atoms with Gasteiger partial charge in [-0.15, -0.1) is 0 Å². The van der Waals surface area contributed by atoms with Gasteiger partial charge in [-0.25, -0.2) is 0 Å². The normalized spacial score (nSPS) is 14.7. The first kappa shape index (κ1) is 8.60. The third kappa shape index (κ3) is 1.18. The highest BCUT2D eigenvalue weighted by atomic mass is 16.4. The Morgan fingerprint density at radius 2 is 2.20 bits per heavy atom. The minimum atomic E-state index is 0.922. The molecule has 0 bridgehead atoms. The summed E-state index contributed by atoms with van der Waals surface area (Å²) in [5.74, 6) is 0.984. The van der Waals surface area contributed by atoms with E-state index in [1.165, 1.54) is 16.5 Å². The molecular weight excluding hydrogens is 186 g/mol. The molecule has 0 N–H and O–H groups in total. The summed E-state index contributed by atoms with van der Waals surface area (Å²) < 4.78 is 5.83. The second kappa shape index (κ2) is 2.89. The molecule has 1 aromatic heterocycles. The number of benzene rings is 1. The molecule has 2 nitrogen and oxygen atoms in total. The van der Waals surface area contributed by atoms with E-state index in [1.807, 2.05) is 6.07 Å². The van der Waals surface area contributed by atoms with Gasteiger partial charge >= 0.3 is 0 Å². The van der Waals surface area contributed by atoms with Gasteiger partial charge in [0.15, 0.2) is 0 Å². The van der Waals surface area contributed by atoms with Crippen LogP contribution in [0.2, 0.25) is 0 Å². The van der Waals surface area contributed by atoms with Crippen LogP contribution >= 0.6 is 0 Å². The summed E-state index contributed by atoms with van der Waals surface area (Å²) in [5.41, 5.74) is 3.46. The van der Waals surface area contributed by atoms with E-state index in [-0.39, 0.29) is 0 Å². The van der Waals surface area contributed by atoms with Crippen LogP contribution in [0.25, 0.3) is 17.0 Å². The Morgan fingerprint density at radius 1 is 1.33 bits per heavy atom. The van der Waals surface area contributed by atoms with Crippen molar-refractivity contribution in [2.75, 3.05) is 18.5 Å². The number of likely N-dealkylation sites (N-methyl/N-ethyl adjacent to an activating group) is 1. The molecule has 0 atom stereocenters. The Labute approximate surface area is 88.8 Å². The standard InChI is InChI=1S/C13H13NO/c1-9-5-6-12-11(8-9)10-4-3-7-14(2)13(10)15-12/h3-6,8H,7H2,1-2H3. The summed E-state index contributed by atoms with van der Waals surface area (Å²) in [6.07, 6.45) is 4.32. The summed E-state index contributed by atoms with van der Waals surface area (Å²) in [5, 5.41) is 1.22. The molecule has 76 valence electrons. The summed E-state index contributed by atoms with van der Waals surface area (Å²) in [7, 11) is 2.05. The molecule has 0 saturated heterocycles. The minimum Gasteiger partial charge on any atom is -0.440 e. The molecule has 0 spiro atoms. The highest BCUT2D eigenvalue weighted by Gasteiger charge is 2.17. The lowest BCUT2D eigenvalue weighted by Crippen LogP contribution is -2.18. The first-order chi connectivity index (χ1) is 7.25. The molecule has 2 heteroatoms. The number of furan rings is 1. The van der Waals surface area contributed by atoms with E-state index in [0.717, 1.165) is 18.0 Å². The molecule has 1 aromatic carbocycles.